The SMILES string of the molecule is CCC(Cl)CC(=O)C1CC1. The highest BCUT2D eigenvalue weighted by atomic mass is 35.5. The predicted molar refractivity (Wildman–Crippen MR) is 42.3 cm³/mol. The van der Waals surface area contributed by atoms with Crippen LogP contribution in [0.3, 0.4) is 0 Å². The van der Waals surface area contributed by atoms with Gasteiger partial charge in [-0.15, -0.1) is 11.6 Å². The lowest BCUT2D eigenvalue weighted by molar-refractivity contribution is -0.120. The molecule has 0 bridgehead atoms. The van der Waals surface area contributed by atoms with E-state index in [0.29, 0.717) is 18.1 Å². The van der Waals surface area contributed by atoms with E-state index in [2.05, 4.69) is 0 Å². The van der Waals surface area contributed by atoms with Crippen molar-refractivity contribution in [1.29, 1.82) is 0 Å². The van der Waals surface area contributed by atoms with E-state index in [-0.39, 0.29) is 5.38 Å². The van der Waals surface area contributed by atoms with Crippen molar-refractivity contribution in [2.24, 2.45) is 5.92 Å². The zero-order valence-electron chi connectivity index (χ0n) is 6.27. The highest BCUT2D eigenvalue weighted by molar-refractivity contribution is 6.21. The number of halogens is 1. The molecule has 1 rings (SSSR count). The quantitative estimate of drug-likeness (QED) is 0.578. The van der Waals surface area contributed by atoms with Crippen LogP contribution >= 0.6 is 11.6 Å². The smallest absolute Gasteiger partial charge is 0.137 e. The molecule has 0 aliphatic heterocycles. The minimum absolute atomic E-state index is 0.0769. The highest BCUT2D eigenvalue weighted by Gasteiger charge is 2.29. The summed E-state index contributed by atoms with van der Waals surface area (Å²) in [6, 6.07) is 0. The molecule has 0 aromatic heterocycles. The Hall–Kier alpha value is -0.0400. The van der Waals surface area contributed by atoms with Crippen LogP contribution in [0.25, 0.3) is 0 Å². The van der Waals surface area contributed by atoms with Gasteiger partial charge in [0.15, 0.2) is 0 Å². The van der Waals surface area contributed by atoms with Gasteiger partial charge < -0.3 is 0 Å². The first-order valence-corrected chi connectivity index (χ1v) is 4.34. The molecule has 0 spiro atoms. The average molecular weight is 161 g/mol. The Morgan fingerprint density at radius 1 is 1.70 bits per heavy atom. The molecule has 0 saturated heterocycles. The van der Waals surface area contributed by atoms with Gasteiger partial charge in [-0.2, -0.15) is 0 Å². The summed E-state index contributed by atoms with van der Waals surface area (Å²) >= 11 is 5.81. The van der Waals surface area contributed by atoms with E-state index in [4.69, 9.17) is 11.6 Å². The van der Waals surface area contributed by atoms with E-state index in [9.17, 15) is 4.79 Å². The average Bonchev–Trinajstić information content (AvgIpc) is 2.68. The van der Waals surface area contributed by atoms with Gasteiger partial charge in [-0.1, -0.05) is 6.92 Å². The number of ketones is 1. The number of rotatable bonds is 4. The molecule has 0 heterocycles. The zero-order valence-corrected chi connectivity index (χ0v) is 7.03. The number of hydrogen-bond donors (Lipinski definition) is 0. The van der Waals surface area contributed by atoms with Crippen LogP contribution in [0.5, 0.6) is 0 Å². The summed E-state index contributed by atoms with van der Waals surface area (Å²) in [5.74, 6) is 0.759. The summed E-state index contributed by atoms with van der Waals surface area (Å²) in [6.45, 7) is 2.01. The lowest BCUT2D eigenvalue weighted by Gasteiger charge is -2.02. The minimum Gasteiger partial charge on any atom is -0.299 e. The first kappa shape index (κ1) is 8.06. The molecule has 0 amide bonds. The molecular weight excluding hydrogens is 148 g/mol. The van der Waals surface area contributed by atoms with Crippen LogP contribution in [0.4, 0.5) is 0 Å². The molecule has 0 aromatic carbocycles. The Kier molecular flexibility index (Phi) is 2.72. The molecule has 1 unspecified atom stereocenters. The van der Waals surface area contributed by atoms with Gasteiger partial charge in [-0.25, -0.2) is 0 Å². The third-order valence-corrected chi connectivity index (χ3v) is 2.36. The van der Waals surface area contributed by atoms with E-state index in [0.717, 1.165) is 19.3 Å². The van der Waals surface area contributed by atoms with Crippen molar-refractivity contribution in [1.82, 2.24) is 0 Å². The number of carbonyl (C=O) groups is 1. The fraction of sp³-hybridized carbons (Fsp3) is 0.875. The van der Waals surface area contributed by atoms with E-state index in [1.54, 1.807) is 0 Å². The molecule has 2 heteroatoms. The van der Waals surface area contributed by atoms with Crippen molar-refractivity contribution in [2.75, 3.05) is 0 Å². The standard InChI is InChI=1S/C8H13ClO/c1-2-7(9)5-8(10)6-3-4-6/h6-7H,2-5H2,1H3. The van der Waals surface area contributed by atoms with Crippen LogP contribution in [0, 0.1) is 5.92 Å². The molecule has 58 valence electrons. The molecule has 1 nitrogen and oxygen atoms in total. The summed E-state index contributed by atoms with van der Waals surface area (Å²) in [6.07, 6.45) is 3.70. The predicted octanol–water partition coefficient (Wildman–Crippen LogP) is 2.37. The Morgan fingerprint density at radius 2 is 2.30 bits per heavy atom. The van der Waals surface area contributed by atoms with Gasteiger partial charge in [-0.3, -0.25) is 4.79 Å². The molecule has 1 aliphatic rings. The second kappa shape index (κ2) is 3.38. The molecule has 0 radical (unpaired) electrons. The molecule has 1 atom stereocenters. The van der Waals surface area contributed by atoms with Crippen LogP contribution in [0.1, 0.15) is 32.6 Å². The van der Waals surface area contributed by atoms with Crippen LogP contribution in [0.2, 0.25) is 0 Å². The topological polar surface area (TPSA) is 17.1 Å². The van der Waals surface area contributed by atoms with Gasteiger partial charge in [0.2, 0.25) is 0 Å². The maximum absolute atomic E-state index is 11.1. The Balaban J connectivity index is 2.16. The highest BCUT2D eigenvalue weighted by Crippen LogP contribution is 2.31. The van der Waals surface area contributed by atoms with Crippen molar-refractivity contribution >= 4 is 17.4 Å². The molecule has 0 aromatic rings. The monoisotopic (exact) mass is 160 g/mol. The van der Waals surface area contributed by atoms with Gasteiger partial charge in [0.1, 0.15) is 5.78 Å². The second-order valence-corrected chi connectivity index (χ2v) is 3.57. The fourth-order valence-electron chi connectivity index (χ4n) is 0.935. The van der Waals surface area contributed by atoms with Gasteiger partial charge in [0.05, 0.1) is 0 Å². The Labute approximate surface area is 66.8 Å². The summed E-state index contributed by atoms with van der Waals surface area (Å²) < 4.78 is 0. The van der Waals surface area contributed by atoms with Crippen molar-refractivity contribution in [3.05, 3.63) is 0 Å². The van der Waals surface area contributed by atoms with Crippen LogP contribution < -0.4 is 0 Å². The number of hydrogen-bond acceptors (Lipinski definition) is 1. The van der Waals surface area contributed by atoms with Gasteiger partial charge in [0.25, 0.3) is 0 Å². The molecule has 1 fully saturated rings. The molecule has 10 heavy (non-hydrogen) atoms. The number of alkyl halides is 1. The number of carbonyl (C=O) groups excluding carboxylic acids is 1. The van der Waals surface area contributed by atoms with Gasteiger partial charge in [0, 0.05) is 17.7 Å². The Bertz CT molecular complexity index is 129. The maximum atomic E-state index is 11.1. The second-order valence-electron chi connectivity index (χ2n) is 2.95. The van der Waals surface area contributed by atoms with Crippen LogP contribution in [0.15, 0.2) is 0 Å². The first-order valence-electron chi connectivity index (χ1n) is 3.90. The molecular formula is C8H13ClO. The van der Waals surface area contributed by atoms with Crippen molar-refractivity contribution in [3.63, 3.8) is 0 Å². The van der Waals surface area contributed by atoms with E-state index in [1.807, 2.05) is 6.92 Å². The van der Waals surface area contributed by atoms with Gasteiger partial charge in [-0.05, 0) is 19.3 Å². The summed E-state index contributed by atoms with van der Waals surface area (Å²) in [5, 5.41) is 0.0769. The van der Waals surface area contributed by atoms with E-state index in [1.165, 1.54) is 0 Å². The normalized spacial score (nSPS) is 20.6. The largest absolute Gasteiger partial charge is 0.299 e. The molecule has 0 N–H and O–H groups in total. The molecule has 1 saturated carbocycles. The van der Waals surface area contributed by atoms with Crippen LogP contribution in [-0.4, -0.2) is 11.2 Å². The van der Waals surface area contributed by atoms with Crippen molar-refractivity contribution < 1.29 is 4.79 Å². The molecule has 1 aliphatic carbocycles. The summed E-state index contributed by atoms with van der Waals surface area (Å²) in [4.78, 5) is 11.1. The lowest BCUT2D eigenvalue weighted by Crippen LogP contribution is -2.08. The maximum Gasteiger partial charge on any atom is 0.137 e. The third-order valence-electron chi connectivity index (χ3n) is 1.90. The van der Waals surface area contributed by atoms with E-state index < -0.39 is 0 Å². The van der Waals surface area contributed by atoms with Crippen molar-refractivity contribution in [3.8, 4) is 0 Å². The van der Waals surface area contributed by atoms with E-state index >= 15 is 0 Å². The van der Waals surface area contributed by atoms with Crippen molar-refractivity contribution in [2.45, 2.75) is 38.0 Å². The third kappa shape index (κ3) is 2.30. The summed E-state index contributed by atoms with van der Waals surface area (Å²) in [5.41, 5.74) is 0. The first-order chi connectivity index (χ1) is 4.74. The summed E-state index contributed by atoms with van der Waals surface area (Å²) in [7, 11) is 0. The Morgan fingerprint density at radius 3 is 2.70 bits per heavy atom. The zero-order chi connectivity index (χ0) is 7.56. The lowest BCUT2D eigenvalue weighted by atomic mass is 10.1. The van der Waals surface area contributed by atoms with Gasteiger partial charge >= 0.3 is 0 Å². The number of Topliss-reactive ketones (excluding diaryl/α,β-unsaturated/α-hetero) is 1. The van der Waals surface area contributed by atoms with Crippen LogP contribution in [-0.2, 0) is 4.79 Å². The fourth-order valence-corrected chi connectivity index (χ4v) is 1.09. The minimum atomic E-state index is 0.0769.